The summed E-state index contributed by atoms with van der Waals surface area (Å²) in [4.78, 5) is 65.5. The molecule has 38 heavy (non-hydrogen) atoms. The van der Waals surface area contributed by atoms with Crippen LogP contribution in [0.15, 0.2) is 81.9 Å². The Morgan fingerprint density at radius 2 is 1.76 bits per heavy atom. The lowest BCUT2D eigenvalue weighted by Crippen LogP contribution is -2.39. The monoisotopic (exact) mass is 574 g/mol. The maximum atomic E-state index is 13.8. The van der Waals surface area contributed by atoms with Gasteiger partial charge in [0.05, 0.1) is 26.9 Å². The highest BCUT2D eigenvalue weighted by Gasteiger charge is 2.56. The van der Waals surface area contributed by atoms with Crippen molar-refractivity contribution in [3.8, 4) is 5.75 Å². The number of carbonyl (C=O) groups is 4. The molecule has 0 saturated carbocycles. The van der Waals surface area contributed by atoms with Gasteiger partial charge in [0.25, 0.3) is 5.69 Å². The highest BCUT2D eigenvalue weighted by atomic mass is 79.9. The third kappa shape index (κ3) is 3.51. The molecular formula is C28H19BrN2O7. The third-order valence-corrected chi connectivity index (χ3v) is 8.42. The molecule has 1 saturated heterocycles. The van der Waals surface area contributed by atoms with Crippen molar-refractivity contribution in [1.82, 2.24) is 0 Å². The largest absolute Gasteiger partial charge is 0.508 e. The van der Waals surface area contributed by atoms with E-state index in [0.717, 1.165) is 10.5 Å². The predicted molar refractivity (Wildman–Crippen MR) is 138 cm³/mol. The molecular weight excluding hydrogens is 556 g/mol. The van der Waals surface area contributed by atoms with Crippen LogP contribution in [0, 0.1) is 27.9 Å². The van der Waals surface area contributed by atoms with Gasteiger partial charge < -0.3 is 5.11 Å². The van der Waals surface area contributed by atoms with E-state index in [-0.39, 0.29) is 51.6 Å². The number of carbonyl (C=O) groups excluding carboxylic acids is 4. The van der Waals surface area contributed by atoms with Gasteiger partial charge in [0.1, 0.15) is 5.75 Å². The second kappa shape index (κ2) is 8.70. The summed E-state index contributed by atoms with van der Waals surface area (Å²) in [5.74, 6) is -4.33. The van der Waals surface area contributed by atoms with E-state index in [9.17, 15) is 34.4 Å². The second-order valence-corrected chi connectivity index (χ2v) is 10.6. The molecule has 2 aromatic carbocycles. The van der Waals surface area contributed by atoms with Gasteiger partial charge in [-0.25, -0.2) is 4.90 Å². The number of halogens is 1. The van der Waals surface area contributed by atoms with Crippen LogP contribution in [-0.4, -0.2) is 33.4 Å². The normalized spacial score (nSPS) is 26.5. The van der Waals surface area contributed by atoms with Crippen LogP contribution in [0.25, 0.3) is 0 Å². The Morgan fingerprint density at radius 1 is 1.00 bits per heavy atom. The van der Waals surface area contributed by atoms with E-state index in [2.05, 4.69) is 15.9 Å². The van der Waals surface area contributed by atoms with Gasteiger partial charge in [-0.15, -0.1) is 0 Å². The number of phenols is 1. The number of non-ortho nitro benzene ring substituents is 1. The average Bonchev–Trinajstić information content (AvgIpc) is 3.15. The first-order chi connectivity index (χ1) is 18.2. The summed E-state index contributed by atoms with van der Waals surface area (Å²) in [6.45, 7) is 0. The zero-order valence-electron chi connectivity index (χ0n) is 19.7. The summed E-state index contributed by atoms with van der Waals surface area (Å²) in [6, 6.07) is 11.8. The van der Waals surface area contributed by atoms with Crippen molar-refractivity contribution in [2.24, 2.45) is 17.8 Å². The van der Waals surface area contributed by atoms with E-state index >= 15 is 0 Å². The van der Waals surface area contributed by atoms with Crippen molar-refractivity contribution in [2.75, 3.05) is 4.90 Å². The first-order valence-corrected chi connectivity index (χ1v) is 12.8. The number of nitro benzene ring substituents is 1. The summed E-state index contributed by atoms with van der Waals surface area (Å²) >= 11 is 3.19. The fourth-order valence-electron chi connectivity index (χ4n) is 6.29. The molecule has 1 N–H and O–H groups in total. The zero-order chi connectivity index (χ0) is 26.9. The minimum atomic E-state index is -0.803. The molecule has 10 heteroatoms. The van der Waals surface area contributed by atoms with Crippen LogP contribution in [0.4, 0.5) is 11.4 Å². The minimum absolute atomic E-state index is 0.00339. The van der Waals surface area contributed by atoms with Gasteiger partial charge >= 0.3 is 0 Å². The Morgan fingerprint density at radius 3 is 2.50 bits per heavy atom. The first kappa shape index (κ1) is 24.2. The van der Waals surface area contributed by atoms with Crippen LogP contribution in [0.1, 0.15) is 24.3 Å². The van der Waals surface area contributed by atoms with E-state index in [4.69, 9.17) is 0 Å². The summed E-state index contributed by atoms with van der Waals surface area (Å²) in [5, 5.41) is 21.5. The van der Waals surface area contributed by atoms with Gasteiger partial charge in [-0.1, -0.05) is 29.8 Å². The molecule has 1 heterocycles. The molecule has 4 aliphatic rings. The molecule has 2 amide bonds. The number of benzene rings is 2. The van der Waals surface area contributed by atoms with Crippen LogP contribution in [0.2, 0.25) is 0 Å². The molecule has 0 bridgehead atoms. The molecule has 1 aliphatic heterocycles. The molecule has 0 radical (unpaired) electrons. The Kier molecular flexibility index (Phi) is 5.53. The van der Waals surface area contributed by atoms with Crippen molar-refractivity contribution in [3.05, 3.63) is 97.6 Å². The maximum absolute atomic E-state index is 13.8. The number of fused-ring (bicyclic) bond motifs is 3. The molecule has 9 nitrogen and oxygen atoms in total. The number of nitrogens with zero attached hydrogens (tertiary/aromatic N) is 2. The molecule has 4 atom stereocenters. The number of imide groups is 1. The lowest BCUT2D eigenvalue weighted by molar-refractivity contribution is -0.384. The van der Waals surface area contributed by atoms with Crippen LogP contribution in [-0.2, 0) is 19.2 Å². The molecule has 6 rings (SSSR count). The Hall–Kier alpha value is -4.18. The highest BCUT2D eigenvalue weighted by Crippen LogP contribution is 2.55. The van der Waals surface area contributed by atoms with Crippen molar-refractivity contribution in [1.29, 1.82) is 0 Å². The zero-order valence-corrected chi connectivity index (χ0v) is 21.3. The van der Waals surface area contributed by atoms with Crippen molar-refractivity contribution < 1.29 is 29.2 Å². The lowest BCUT2D eigenvalue weighted by atomic mass is 9.59. The highest BCUT2D eigenvalue weighted by molar-refractivity contribution is 9.12. The summed E-state index contributed by atoms with van der Waals surface area (Å²) in [6.07, 6.45) is 3.47. The molecule has 0 aromatic heterocycles. The molecule has 4 unspecified atom stereocenters. The van der Waals surface area contributed by atoms with Gasteiger partial charge in [-0.2, -0.15) is 0 Å². The SMILES string of the molecule is O=C1C=C(Br)C(=O)C2=C1C(c1cccc(O)c1)C1=CCC3C(=O)N(c4cccc([N+](=O)[O-])c4)C(=O)C3C1C2. The Labute approximate surface area is 224 Å². The number of anilines is 1. The number of amides is 2. The smallest absolute Gasteiger partial charge is 0.271 e. The fourth-order valence-corrected chi connectivity index (χ4v) is 6.74. The van der Waals surface area contributed by atoms with Crippen LogP contribution in [0.3, 0.4) is 0 Å². The van der Waals surface area contributed by atoms with E-state index < -0.39 is 40.4 Å². The first-order valence-electron chi connectivity index (χ1n) is 12.0. The van der Waals surface area contributed by atoms with Crippen LogP contribution < -0.4 is 4.90 Å². The van der Waals surface area contributed by atoms with E-state index in [1.165, 1.54) is 42.5 Å². The number of allylic oxidation sites excluding steroid dienone is 6. The van der Waals surface area contributed by atoms with Crippen molar-refractivity contribution in [2.45, 2.75) is 18.8 Å². The number of phenolic OH excluding ortho intramolecular Hbond substituents is 1. The van der Waals surface area contributed by atoms with Gasteiger partial charge in [0, 0.05) is 35.3 Å². The number of hydrogen-bond donors (Lipinski definition) is 1. The molecule has 190 valence electrons. The average molecular weight is 575 g/mol. The number of hydrogen-bond acceptors (Lipinski definition) is 7. The number of nitro groups is 1. The number of Topliss-reactive ketones (excluding diaryl/α,β-unsaturated/α-hetero) is 1. The lowest BCUT2D eigenvalue weighted by Gasteiger charge is -2.42. The number of ketones is 2. The van der Waals surface area contributed by atoms with Crippen molar-refractivity contribution in [3.63, 3.8) is 0 Å². The summed E-state index contributed by atoms with van der Waals surface area (Å²) < 4.78 is 0.128. The maximum Gasteiger partial charge on any atom is 0.271 e. The topological polar surface area (TPSA) is 135 Å². The second-order valence-electron chi connectivity index (χ2n) is 9.78. The molecule has 1 fully saturated rings. The van der Waals surface area contributed by atoms with Gasteiger partial charge in [-0.3, -0.25) is 29.3 Å². The minimum Gasteiger partial charge on any atom is -0.508 e. The predicted octanol–water partition coefficient (Wildman–Crippen LogP) is 4.27. The Bertz CT molecular complexity index is 1590. The summed E-state index contributed by atoms with van der Waals surface area (Å²) in [5.41, 5.74) is 1.85. The molecule has 0 spiro atoms. The van der Waals surface area contributed by atoms with Gasteiger partial charge in [0.2, 0.25) is 11.8 Å². The van der Waals surface area contributed by atoms with Gasteiger partial charge in [-0.05, 0) is 58.5 Å². The number of rotatable bonds is 3. The third-order valence-electron chi connectivity index (χ3n) is 7.83. The van der Waals surface area contributed by atoms with Gasteiger partial charge in [0.15, 0.2) is 11.6 Å². The summed E-state index contributed by atoms with van der Waals surface area (Å²) in [7, 11) is 0. The number of aromatic hydroxyl groups is 1. The fraction of sp³-hybridized carbons (Fsp3) is 0.214. The van der Waals surface area contributed by atoms with Crippen molar-refractivity contribution >= 4 is 50.7 Å². The standard InChI is InChI=1S/C28H19BrN2O7/c29-21-12-22(33)25-20(26(21)34)11-19-17(23(25)13-3-1-6-16(32)9-13)7-8-18-24(19)28(36)30(27(18)35)14-4-2-5-15(10-14)31(37)38/h1-7,9-10,12,18-19,23-24,32H,8,11H2. The quantitative estimate of drug-likeness (QED) is 0.190. The van der Waals surface area contributed by atoms with E-state index in [1.54, 1.807) is 12.1 Å². The van der Waals surface area contributed by atoms with E-state index in [1.807, 2.05) is 6.08 Å². The molecule has 3 aliphatic carbocycles. The molecule has 2 aromatic rings. The Balaban J connectivity index is 1.47. The van der Waals surface area contributed by atoms with Crippen LogP contribution in [0.5, 0.6) is 5.75 Å². The van der Waals surface area contributed by atoms with E-state index in [0.29, 0.717) is 11.1 Å². The van der Waals surface area contributed by atoms with Crippen LogP contribution >= 0.6 is 15.9 Å².